The van der Waals surface area contributed by atoms with Crippen LogP contribution in [0, 0.1) is 11.8 Å². The van der Waals surface area contributed by atoms with Crippen molar-refractivity contribution in [2.45, 2.75) is 11.8 Å². The molecule has 1 aliphatic heterocycles. The van der Waals surface area contributed by atoms with Gasteiger partial charge in [-0.15, -0.1) is 5.92 Å². The molecular formula is C16H17N3O4S. The summed E-state index contributed by atoms with van der Waals surface area (Å²) in [5.74, 6) is 4.86. The van der Waals surface area contributed by atoms with Gasteiger partial charge in [0.15, 0.2) is 0 Å². The van der Waals surface area contributed by atoms with E-state index in [1.807, 2.05) is 0 Å². The molecule has 0 bridgehead atoms. The van der Waals surface area contributed by atoms with Crippen LogP contribution in [0.4, 0.5) is 0 Å². The topological polar surface area (TPSA) is 105 Å². The molecule has 0 aliphatic carbocycles. The number of carbonyl (C=O) groups is 1. The zero-order valence-corrected chi connectivity index (χ0v) is 13.9. The van der Waals surface area contributed by atoms with Crippen LogP contribution in [-0.4, -0.2) is 49.9 Å². The van der Waals surface area contributed by atoms with Gasteiger partial charge in [-0.1, -0.05) is 12.0 Å². The van der Waals surface area contributed by atoms with Gasteiger partial charge in [0.05, 0.1) is 13.2 Å². The first-order chi connectivity index (χ1) is 11.4. The number of fused-ring (bicyclic) bond motifs is 1. The number of aromatic nitrogens is 1. The Balaban J connectivity index is 2.22. The fourth-order valence-electron chi connectivity index (χ4n) is 2.75. The average molecular weight is 347 g/mol. The normalized spacial score (nSPS) is 15.9. The number of morpholine rings is 1. The van der Waals surface area contributed by atoms with E-state index in [-0.39, 0.29) is 23.7 Å². The van der Waals surface area contributed by atoms with E-state index in [1.165, 1.54) is 4.31 Å². The molecule has 2 heterocycles. The number of benzene rings is 1. The van der Waals surface area contributed by atoms with Crippen molar-refractivity contribution in [3.05, 3.63) is 29.5 Å². The van der Waals surface area contributed by atoms with Crippen LogP contribution in [0.3, 0.4) is 0 Å². The third kappa shape index (κ3) is 2.78. The molecule has 0 radical (unpaired) electrons. The first kappa shape index (κ1) is 16.5. The minimum absolute atomic E-state index is 0.0806. The van der Waals surface area contributed by atoms with Crippen molar-refractivity contribution in [2.24, 2.45) is 5.73 Å². The number of amides is 1. The maximum absolute atomic E-state index is 13.0. The molecule has 8 heteroatoms. The number of ether oxygens (including phenoxy) is 1. The van der Waals surface area contributed by atoms with Crippen molar-refractivity contribution >= 4 is 26.8 Å². The Morgan fingerprint density at radius 3 is 2.67 bits per heavy atom. The number of sulfonamides is 1. The van der Waals surface area contributed by atoms with Crippen LogP contribution in [0.2, 0.25) is 0 Å². The maximum atomic E-state index is 13.0. The van der Waals surface area contributed by atoms with Crippen LogP contribution in [0.25, 0.3) is 10.9 Å². The number of nitrogens with one attached hydrogen (secondary N) is 1. The summed E-state index contributed by atoms with van der Waals surface area (Å²) in [6.07, 6.45) is 0. The van der Waals surface area contributed by atoms with Gasteiger partial charge >= 0.3 is 0 Å². The summed E-state index contributed by atoms with van der Waals surface area (Å²) in [7, 11) is -3.86. The van der Waals surface area contributed by atoms with Crippen LogP contribution >= 0.6 is 0 Å². The minimum Gasteiger partial charge on any atom is -0.379 e. The van der Waals surface area contributed by atoms with Crippen molar-refractivity contribution in [1.82, 2.24) is 9.29 Å². The first-order valence-corrected chi connectivity index (χ1v) is 8.85. The maximum Gasteiger partial charge on any atom is 0.266 e. The van der Waals surface area contributed by atoms with Crippen molar-refractivity contribution in [2.75, 3.05) is 26.3 Å². The van der Waals surface area contributed by atoms with Gasteiger partial charge in [0, 0.05) is 29.6 Å². The molecule has 0 atom stereocenters. The summed E-state index contributed by atoms with van der Waals surface area (Å²) in [4.78, 5) is 14.5. The van der Waals surface area contributed by atoms with Crippen LogP contribution in [0.1, 0.15) is 23.0 Å². The molecule has 3 rings (SSSR count). The quantitative estimate of drug-likeness (QED) is 0.796. The van der Waals surface area contributed by atoms with E-state index in [0.29, 0.717) is 24.1 Å². The van der Waals surface area contributed by atoms with Crippen LogP contribution in [0.15, 0.2) is 23.1 Å². The summed E-state index contributed by atoms with van der Waals surface area (Å²) in [5, 5.41) is 0.428. The van der Waals surface area contributed by atoms with Crippen LogP contribution in [-0.2, 0) is 14.8 Å². The summed E-state index contributed by atoms with van der Waals surface area (Å²) in [6, 6.07) is 5.07. The Labute approximate surface area is 139 Å². The van der Waals surface area contributed by atoms with Crippen molar-refractivity contribution in [3.63, 3.8) is 0 Å². The van der Waals surface area contributed by atoms with E-state index < -0.39 is 15.9 Å². The molecule has 1 fully saturated rings. The number of aromatic amines is 1. The lowest BCUT2D eigenvalue weighted by molar-refractivity contribution is 0.0730. The van der Waals surface area contributed by atoms with Crippen molar-refractivity contribution < 1.29 is 17.9 Å². The van der Waals surface area contributed by atoms with E-state index in [1.54, 1.807) is 25.1 Å². The highest BCUT2D eigenvalue weighted by Crippen LogP contribution is 2.30. The number of hydrogen-bond acceptors (Lipinski definition) is 4. The molecule has 7 nitrogen and oxygen atoms in total. The lowest BCUT2D eigenvalue weighted by atomic mass is 10.1. The molecule has 2 aromatic rings. The summed E-state index contributed by atoms with van der Waals surface area (Å²) in [5.41, 5.74) is 6.51. The Morgan fingerprint density at radius 2 is 2.04 bits per heavy atom. The number of nitrogens with two attached hydrogens (primary N) is 1. The Morgan fingerprint density at radius 1 is 1.33 bits per heavy atom. The second-order valence-corrected chi connectivity index (χ2v) is 7.22. The third-order valence-corrected chi connectivity index (χ3v) is 5.82. The highest BCUT2D eigenvalue weighted by atomic mass is 32.2. The van der Waals surface area contributed by atoms with Gasteiger partial charge in [0.25, 0.3) is 5.91 Å². The highest BCUT2D eigenvalue weighted by Gasteiger charge is 2.33. The average Bonchev–Trinajstić information content (AvgIpc) is 2.96. The highest BCUT2D eigenvalue weighted by molar-refractivity contribution is 7.89. The Hall–Kier alpha value is -2.34. The van der Waals surface area contributed by atoms with Crippen molar-refractivity contribution in [3.8, 4) is 11.8 Å². The number of primary amides is 1. The van der Waals surface area contributed by atoms with Gasteiger partial charge in [-0.05, 0) is 19.1 Å². The predicted molar refractivity (Wildman–Crippen MR) is 88.9 cm³/mol. The second kappa shape index (κ2) is 6.28. The van der Waals surface area contributed by atoms with Gasteiger partial charge in [-0.3, -0.25) is 4.79 Å². The lowest BCUT2D eigenvalue weighted by Gasteiger charge is -2.26. The monoisotopic (exact) mass is 347 g/mol. The number of carbonyl (C=O) groups excluding carboxylic acids is 1. The molecule has 1 aromatic carbocycles. The largest absolute Gasteiger partial charge is 0.379 e. The van der Waals surface area contributed by atoms with Crippen LogP contribution < -0.4 is 5.73 Å². The van der Waals surface area contributed by atoms with Crippen molar-refractivity contribution in [1.29, 1.82) is 0 Å². The zero-order valence-electron chi connectivity index (χ0n) is 13.1. The van der Waals surface area contributed by atoms with E-state index in [9.17, 15) is 13.2 Å². The van der Waals surface area contributed by atoms with Crippen LogP contribution in [0.5, 0.6) is 0 Å². The number of nitrogens with zero attached hydrogens (tertiary/aromatic N) is 1. The number of H-pyrrole nitrogens is 1. The third-order valence-electron chi connectivity index (χ3n) is 3.83. The van der Waals surface area contributed by atoms with Gasteiger partial charge < -0.3 is 15.5 Å². The number of rotatable bonds is 3. The summed E-state index contributed by atoms with van der Waals surface area (Å²) >= 11 is 0. The minimum atomic E-state index is -3.86. The smallest absolute Gasteiger partial charge is 0.266 e. The van der Waals surface area contributed by atoms with E-state index >= 15 is 0 Å². The van der Waals surface area contributed by atoms with Gasteiger partial charge in [-0.25, -0.2) is 8.42 Å². The predicted octanol–water partition coefficient (Wildman–Crippen LogP) is 0.659. The molecule has 1 aromatic heterocycles. The molecule has 0 saturated carbocycles. The molecular weight excluding hydrogens is 330 g/mol. The number of hydrogen-bond donors (Lipinski definition) is 2. The van der Waals surface area contributed by atoms with E-state index in [2.05, 4.69) is 16.8 Å². The zero-order chi connectivity index (χ0) is 17.3. The molecule has 126 valence electrons. The summed E-state index contributed by atoms with van der Waals surface area (Å²) < 4.78 is 32.5. The van der Waals surface area contributed by atoms with Gasteiger partial charge in [-0.2, -0.15) is 4.31 Å². The Bertz CT molecular complexity index is 960. The first-order valence-electron chi connectivity index (χ1n) is 7.41. The molecule has 1 saturated heterocycles. The van der Waals surface area contributed by atoms with Gasteiger partial charge in [0.1, 0.15) is 10.6 Å². The molecule has 1 aliphatic rings. The molecule has 0 spiro atoms. The SMILES string of the molecule is CC#Cc1ccc2c(S(=O)(=O)N3CCOCC3)c(C(N)=O)[nH]c2c1. The Kier molecular flexibility index (Phi) is 4.32. The second-order valence-electron chi connectivity index (χ2n) is 5.35. The molecule has 1 amide bonds. The van der Waals surface area contributed by atoms with Gasteiger partial charge in [0.2, 0.25) is 10.0 Å². The lowest BCUT2D eigenvalue weighted by Crippen LogP contribution is -2.41. The molecule has 0 unspecified atom stereocenters. The molecule has 24 heavy (non-hydrogen) atoms. The van der Waals surface area contributed by atoms with E-state index in [4.69, 9.17) is 10.5 Å². The standard InChI is InChI=1S/C16H17N3O4S/c1-2-3-11-4-5-12-13(10-11)18-14(16(17)20)15(12)24(21,22)19-6-8-23-9-7-19/h4-5,10,18H,6-9H2,1H3,(H2,17,20). The molecule has 3 N–H and O–H groups in total. The summed E-state index contributed by atoms with van der Waals surface area (Å²) in [6.45, 7) is 2.84. The fraction of sp³-hybridized carbons (Fsp3) is 0.312. The fourth-order valence-corrected chi connectivity index (χ4v) is 4.50. The van der Waals surface area contributed by atoms with E-state index in [0.717, 1.165) is 5.56 Å².